The van der Waals surface area contributed by atoms with Gasteiger partial charge < -0.3 is 0 Å². The number of hydrogen-bond donors (Lipinski definition) is 0. The van der Waals surface area contributed by atoms with Gasteiger partial charge in [0, 0.05) is 0 Å². The van der Waals surface area contributed by atoms with E-state index in [2.05, 4.69) is 9.05 Å². The van der Waals surface area contributed by atoms with Crippen LogP contribution in [-0.2, 0) is 13.6 Å². The second-order valence-corrected chi connectivity index (χ2v) is 8.40. The molecule has 0 rings (SSSR count). The third kappa shape index (κ3) is 7.64. The van der Waals surface area contributed by atoms with E-state index in [0.717, 1.165) is 0 Å². The zero-order valence-corrected chi connectivity index (χ0v) is 12.8. The predicted molar refractivity (Wildman–Crippen MR) is 55.6 cm³/mol. The standard InChI is InChI=1S/C6H2F12IO3P/c7-3(8,9)1(4(10,11)12)21-23(19,20)22-2(5(13,14)15)6(16,17)18/h1-2H. The fraction of sp³-hybridized carbons (Fsp3) is 1.00. The maximum absolute atomic E-state index is 12.1. The third-order valence-corrected chi connectivity index (χ3v) is 3.94. The molecule has 0 saturated heterocycles. The molecule has 0 aliphatic heterocycles. The second kappa shape index (κ2) is 6.74. The zero-order chi connectivity index (χ0) is 19.1. The van der Waals surface area contributed by atoms with Crippen molar-refractivity contribution in [3.05, 3.63) is 0 Å². The van der Waals surface area contributed by atoms with Gasteiger partial charge in [-0.05, 0) is 0 Å². The first-order chi connectivity index (χ1) is 9.68. The molecule has 0 aromatic carbocycles. The van der Waals surface area contributed by atoms with E-state index in [1.165, 1.54) is 0 Å². The lowest BCUT2D eigenvalue weighted by atomic mass is 10.3. The van der Waals surface area contributed by atoms with Crippen molar-refractivity contribution in [2.75, 3.05) is 0 Å². The molecule has 0 heterocycles. The highest BCUT2D eigenvalue weighted by molar-refractivity contribution is 14.2. The average molecular weight is 508 g/mol. The molecule has 17 heteroatoms. The fourth-order valence-electron chi connectivity index (χ4n) is 0.887. The Kier molecular flexibility index (Phi) is 6.75. The van der Waals surface area contributed by atoms with E-state index >= 15 is 0 Å². The molecule has 0 aliphatic rings. The van der Waals surface area contributed by atoms with Crippen LogP contribution in [0.3, 0.4) is 0 Å². The van der Waals surface area contributed by atoms with Crippen molar-refractivity contribution < 1.29 is 66.3 Å². The summed E-state index contributed by atoms with van der Waals surface area (Å²) in [4.78, 5) is 0. The highest BCUT2D eigenvalue weighted by Gasteiger charge is 2.64. The lowest BCUT2D eigenvalue weighted by molar-refractivity contribution is -0.312. The van der Waals surface area contributed by atoms with Crippen LogP contribution < -0.4 is 0 Å². The van der Waals surface area contributed by atoms with E-state index in [1.807, 2.05) is 0 Å². The van der Waals surface area contributed by atoms with Crippen molar-refractivity contribution in [2.45, 2.75) is 36.9 Å². The normalized spacial score (nSPS) is 15.6. The van der Waals surface area contributed by atoms with Crippen LogP contribution in [0.5, 0.6) is 0 Å². The molecule has 140 valence electrons. The summed E-state index contributed by atoms with van der Waals surface area (Å²) < 4.78 is 162. The van der Waals surface area contributed by atoms with Gasteiger partial charge in [0.05, 0.1) is 22.0 Å². The van der Waals surface area contributed by atoms with Gasteiger partial charge in [-0.2, -0.15) is 52.7 Å². The molecular weight excluding hydrogens is 506 g/mol. The van der Waals surface area contributed by atoms with Gasteiger partial charge in [0.1, 0.15) is 0 Å². The topological polar surface area (TPSA) is 35.5 Å². The maximum atomic E-state index is 12.1. The fourth-order valence-corrected chi connectivity index (χ4v) is 3.28. The molecule has 0 saturated carbocycles. The van der Waals surface area contributed by atoms with Crippen LogP contribution in [0.4, 0.5) is 52.7 Å². The summed E-state index contributed by atoms with van der Waals surface area (Å²) in [5.74, 6) is 0. The smallest absolute Gasteiger partial charge is 0.279 e. The van der Waals surface area contributed by atoms with Gasteiger partial charge in [0.25, 0.3) is 12.2 Å². The molecule has 3 nitrogen and oxygen atoms in total. The summed E-state index contributed by atoms with van der Waals surface area (Å²) in [6.45, 7) is 0. The van der Waals surface area contributed by atoms with E-state index in [0.29, 0.717) is 0 Å². The lowest BCUT2D eigenvalue weighted by Crippen LogP contribution is -2.46. The largest absolute Gasteiger partial charge is 0.424 e. The minimum atomic E-state index is -6.31. The van der Waals surface area contributed by atoms with Gasteiger partial charge in [0.2, 0.25) is 0 Å². The van der Waals surface area contributed by atoms with E-state index in [1.54, 1.807) is 0 Å². The lowest BCUT2D eigenvalue weighted by Gasteiger charge is -2.28. The Bertz CT molecular complexity index is 384. The first kappa shape index (κ1) is 23.0. The minimum Gasteiger partial charge on any atom is -0.279 e. The van der Waals surface area contributed by atoms with Crippen LogP contribution in [0, 0.1) is 0 Å². The summed E-state index contributed by atoms with van der Waals surface area (Å²) in [7, 11) is 0. The van der Waals surface area contributed by atoms with Gasteiger partial charge in [-0.15, -0.1) is 0 Å². The number of halogens is 13. The molecule has 0 aliphatic carbocycles. The van der Waals surface area contributed by atoms with Crippen molar-refractivity contribution >= 4 is 27.3 Å². The predicted octanol–water partition coefficient (Wildman–Crippen LogP) is 5.55. The molecule has 0 bridgehead atoms. The Morgan fingerprint density at radius 2 is 0.783 bits per heavy atom. The summed E-state index contributed by atoms with van der Waals surface area (Å²) in [5, 5.41) is -6.10. The van der Waals surface area contributed by atoms with Crippen LogP contribution in [-0.4, -0.2) is 36.9 Å². The Labute approximate surface area is 131 Å². The van der Waals surface area contributed by atoms with Crippen molar-refractivity contribution in [2.24, 2.45) is 0 Å². The third-order valence-electron chi connectivity index (χ3n) is 1.65. The van der Waals surface area contributed by atoms with Gasteiger partial charge in [0.15, 0.2) is 0 Å². The highest BCUT2D eigenvalue weighted by Crippen LogP contribution is 2.63. The monoisotopic (exact) mass is 508 g/mol. The van der Waals surface area contributed by atoms with Crippen molar-refractivity contribution in [3.8, 4) is 0 Å². The summed E-state index contributed by atoms with van der Waals surface area (Å²) in [6.07, 6.45) is -35.1. The summed E-state index contributed by atoms with van der Waals surface area (Å²) in [6, 6.07) is 0. The van der Waals surface area contributed by atoms with Gasteiger partial charge >= 0.3 is 29.9 Å². The van der Waals surface area contributed by atoms with Gasteiger partial charge in [-0.1, -0.05) is 0 Å². The zero-order valence-electron chi connectivity index (χ0n) is 9.74. The average Bonchev–Trinajstić information content (AvgIpc) is 2.16. The quantitative estimate of drug-likeness (QED) is 0.284. The summed E-state index contributed by atoms with van der Waals surface area (Å²) >= 11 is -0.123. The first-order valence-electron chi connectivity index (χ1n) is 4.61. The first-order valence-corrected chi connectivity index (χ1v) is 8.94. The van der Waals surface area contributed by atoms with Crippen LogP contribution in [0.2, 0.25) is 0 Å². The van der Waals surface area contributed by atoms with E-state index in [4.69, 9.17) is 0 Å². The summed E-state index contributed by atoms with van der Waals surface area (Å²) in [5.41, 5.74) is 0. The molecule has 23 heavy (non-hydrogen) atoms. The number of alkyl halides is 12. The maximum Gasteiger partial charge on any atom is 0.424 e. The van der Waals surface area contributed by atoms with Crippen LogP contribution in [0.25, 0.3) is 0 Å². The Balaban J connectivity index is 5.52. The Morgan fingerprint density at radius 3 is 0.913 bits per heavy atom. The molecule has 0 atom stereocenters. The van der Waals surface area contributed by atoms with Crippen LogP contribution in [0.1, 0.15) is 0 Å². The molecule has 0 amide bonds. The molecule has 0 unspecified atom stereocenters. The van der Waals surface area contributed by atoms with Crippen LogP contribution >= 0.6 is 27.3 Å². The molecule has 0 spiro atoms. The molecule has 0 aromatic heterocycles. The van der Waals surface area contributed by atoms with Gasteiger partial charge in [-0.25, -0.2) is 4.57 Å². The van der Waals surface area contributed by atoms with Crippen LogP contribution in [0.15, 0.2) is 0 Å². The molecule has 0 fully saturated rings. The van der Waals surface area contributed by atoms with E-state index in [9.17, 15) is 57.3 Å². The Morgan fingerprint density at radius 1 is 0.609 bits per heavy atom. The molecule has 0 radical (unpaired) electrons. The highest BCUT2D eigenvalue weighted by atomic mass is 127. The number of rotatable bonds is 4. The minimum absolute atomic E-state index is 0.123. The van der Waals surface area contributed by atoms with Crippen molar-refractivity contribution in [3.63, 3.8) is 0 Å². The molecule has 0 aromatic rings. The molecular formula is C6H2F12IO3P. The van der Waals surface area contributed by atoms with E-state index in [-0.39, 0.29) is 22.0 Å². The van der Waals surface area contributed by atoms with E-state index < -0.39 is 42.2 Å². The van der Waals surface area contributed by atoms with Gasteiger partial charge in [-0.3, -0.25) is 9.05 Å². The Hall–Kier alpha value is 0.0400. The molecule has 0 N–H and O–H groups in total. The second-order valence-electron chi connectivity index (χ2n) is 3.57. The van der Waals surface area contributed by atoms with Crippen molar-refractivity contribution in [1.29, 1.82) is 0 Å². The number of hydrogen-bond acceptors (Lipinski definition) is 3. The van der Waals surface area contributed by atoms with Crippen molar-refractivity contribution in [1.82, 2.24) is 0 Å². The SMILES string of the molecule is O=P(I)(OC(C(F)(F)F)C(F)(F)F)OC(C(F)(F)F)C(F)(F)F.